The van der Waals surface area contributed by atoms with Gasteiger partial charge in [-0.15, -0.1) is 0 Å². The van der Waals surface area contributed by atoms with Crippen LogP contribution < -0.4 is 5.32 Å². The van der Waals surface area contributed by atoms with Crippen molar-refractivity contribution in [2.75, 3.05) is 11.5 Å². The SMILES string of the molecule is CCn1ncnc1[C@H](NC(=O)CSCC1CC1)C1CC1. The number of aryl methyl sites for hydroxylation is 1. The molecule has 1 aromatic rings. The van der Waals surface area contributed by atoms with E-state index in [1.807, 2.05) is 4.68 Å². The van der Waals surface area contributed by atoms with Crippen molar-refractivity contribution in [3.63, 3.8) is 0 Å². The fourth-order valence-corrected chi connectivity index (χ4v) is 3.45. The van der Waals surface area contributed by atoms with E-state index in [0.29, 0.717) is 11.7 Å². The molecule has 0 spiro atoms. The Balaban J connectivity index is 1.55. The van der Waals surface area contributed by atoms with Crippen molar-refractivity contribution < 1.29 is 4.79 Å². The van der Waals surface area contributed by atoms with Crippen molar-refractivity contribution in [2.45, 2.75) is 45.2 Å². The maximum atomic E-state index is 12.1. The lowest BCUT2D eigenvalue weighted by molar-refractivity contribution is -0.119. The van der Waals surface area contributed by atoms with Gasteiger partial charge < -0.3 is 5.32 Å². The molecule has 2 saturated carbocycles. The molecular formula is C14H22N4OS. The lowest BCUT2D eigenvalue weighted by Crippen LogP contribution is -2.33. The van der Waals surface area contributed by atoms with E-state index >= 15 is 0 Å². The molecule has 3 rings (SSSR count). The summed E-state index contributed by atoms with van der Waals surface area (Å²) in [5.41, 5.74) is 0. The Morgan fingerprint density at radius 3 is 2.95 bits per heavy atom. The van der Waals surface area contributed by atoms with Gasteiger partial charge in [-0.1, -0.05) is 0 Å². The molecule has 0 unspecified atom stereocenters. The molecule has 5 nitrogen and oxygen atoms in total. The summed E-state index contributed by atoms with van der Waals surface area (Å²) in [6.45, 7) is 2.85. The minimum absolute atomic E-state index is 0.0477. The van der Waals surface area contributed by atoms with Crippen molar-refractivity contribution in [1.82, 2.24) is 20.1 Å². The summed E-state index contributed by atoms with van der Waals surface area (Å²) in [5.74, 6) is 4.16. The van der Waals surface area contributed by atoms with Gasteiger partial charge in [0.15, 0.2) is 0 Å². The predicted molar refractivity (Wildman–Crippen MR) is 79.4 cm³/mol. The van der Waals surface area contributed by atoms with Crippen LogP contribution in [-0.4, -0.2) is 32.2 Å². The first-order valence-corrected chi connectivity index (χ1v) is 8.68. The van der Waals surface area contributed by atoms with Gasteiger partial charge >= 0.3 is 0 Å². The number of aromatic nitrogens is 3. The zero-order valence-electron chi connectivity index (χ0n) is 11.9. The summed E-state index contributed by atoms with van der Waals surface area (Å²) < 4.78 is 1.89. The summed E-state index contributed by atoms with van der Waals surface area (Å²) >= 11 is 1.76. The van der Waals surface area contributed by atoms with Crippen molar-refractivity contribution in [3.8, 4) is 0 Å². The first-order valence-electron chi connectivity index (χ1n) is 7.52. The number of nitrogens with zero attached hydrogens (tertiary/aromatic N) is 3. The lowest BCUT2D eigenvalue weighted by atomic mass is 10.1. The molecular weight excluding hydrogens is 272 g/mol. The molecule has 6 heteroatoms. The third kappa shape index (κ3) is 3.53. The molecule has 2 fully saturated rings. The van der Waals surface area contributed by atoms with Crippen molar-refractivity contribution in [2.24, 2.45) is 11.8 Å². The van der Waals surface area contributed by atoms with Gasteiger partial charge in [0.05, 0.1) is 11.8 Å². The van der Waals surface area contributed by atoms with Crippen LogP contribution in [0.1, 0.15) is 44.5 Å². The number of amides is 1. The largest absolute Gasteiger partial charge is 0.345 e. The zero-order chi connectivity index (χ0) is 13.9. The summed E-state index contributed by atoms with van der Waals surface area (Å²) in [6.07, 6.45) is 6.63. The molecule has 0 aromatic carbocycles. The van der Waals surface area contributed by atoms with Gasteiger partial charge in [-0.25, -0.2) is 9.67 Å². The van der Waals surface area contributed by atoms with Gasteiger partial charge in [0, 0.05) is 6.54 Å². The molecule has 20 heavy (non-hydrogen) atoms. The molecule has 110 valence electrons. The van der Waals surface area contributed by atoms with E-state index in [0.717, 1.165) is 24.0 Å². The first-order chi connectivity index (χ1) is 9.78. The molecule has 0 bridgehead atoms. The first kappa shape index (κ1) is 13.9. The highest BCUT2D eigenvalue weighted by molar-refractivity contribution is 7.99. The number of carbonyl (C=O) groups is 1. The predicted octanol–water partition coefficient (Wildman–Crippen LogP) is 2.01. The second-order valence-corrected chi connectivity index (χ2v) is 6.81. The van der Waals surface area contributed by atoms with E-state index in [1.54, 1.807) is 18.1 Å². The van der Waals surface area contributed by atoms with E-state index < -0.39 is 0 Å². The molecule has 1 atom stereocenters. The molecule has 0 saturated heterocycles. The summed E-state index contributed by atoms with van der Waals surface area (Å²) in [6, 6.07) is 0.0477. The Morgan fingerprint density at radius 1 is 1.50 bits per heavy atom. The Labute approximate surface area is 123 Å². The third-order valence-electron chi connectivity index (χ3n) is 3.92. The van der Waals surface area contributed by atoms with Crippen LogP contribution in [0.25, 0.3) is 0 Å². The maximum Gasteiger partial charge on any atom is 0.230 e. The van der Waals surface area contributed by atoms with E-state index in [9.17, 15) is 4.79 Å². The highest BCUT2D eigenvalue weighted by Gasteiger charge is 2.36. The van der Waals surface area contributed by atoms with Crippen molar-refractivity contribution in [3.05, 3.63) is 12.2 Å². The average Bonchev–Trinajstić information content (AvgIpc) is 3.35. The average molecular weight is 294 g/mol. The second-order valence-electron chi connectivity index (χ2n) is 5.78. The van der Waals surface area contributed by atoms with Crippen LogP contribution in [0.2, 0.25) is 0 Å². The van der Waals surface area contributed by atoms with Crippen LogP contribution >= 0.6 is 11.8 Å². The van der Waals surface area contributed by atoms with E-state index in [2.05, 4.69) is 22.3 Å². The molecule has 2 aliphatic rings. The van der Waals surface area contributed by atoms with Crippen LogP contribution in [-0.2, 0) is 11.3 Å². The smallest absolute Gasteiger partial charge is 0.230 e. The van der Waals surface area contributed by atoms with E-state index in [-0.39, 0.29) is 11.9 Å². The molecule has 1 amide bonds. The van der Waals surface area contributed by atoms with Gasteiger partial charge in [0.25, 0.3) is 0 Å². The van der Waals surface area contributed by atoms with Gasteiger partial charge in [0.2, 0.25) is 5.91 Å². The molecule has 1 N–H and O–H groups in total. The molecule has 0 aliphatic heterocycles. The Bertz CT molecular complexity index is 467. The quantitative estimate of drug-likeness (QED) is 0.797. The molecule has 1 heterocycles. The third-order valence-corrected chi connectivity index (χ3v) is 5.09. The van der Waals surface area contributed by atoms with Crippen LogP contribution in [0, 0.1) is 11.8 Å². The molecule has 0 radical (unpaired) electrons. The number of thioether (sulfide) groups is 1. The standard InChI is InChI=1S/C14H22N4OS/c1-2-18-14(15-9-16-18)13(11-5-6-11)17-12(19)8-20-7-10-3-4-10/h9-11,13H,2-8H2,1H3,(H,17,19)/t13-/m1/s1. The fraction of sp³-hybridized carbons (Fsp3) is 0.786. The number of rotatable bonds is 8. The van der Waals surface area contributed by atoms with E-state index in [1.165, 1.54) is 25.7 Å². The monoisotopic (exact) mass is 294 g/mol. The van der Waals surface area contributed by atoms with Gasteiger partial charge in [-0.2, -0.15) is 16.9 Å². The molecule has 1 aromatic heterocycles. The minimum Gasteiger partial charge on any atom is -0.345 e. The fourth-order valence-electron chi connectivity index (χ4n) is 2.40. The van der Waals surface area contributed by atoms with Crippen LogP contribution in [0.3, 0.4) is 0 Å². The Kier molecular flexibility index (Phi) is 4.29. The highest BCUT2D eigenvalue weighted by atomic mass is 32.2. The normalized spacial score (nSPS) is 19.9. The van der Waals surface area contributed by atoms with Crippen LogP contribution in [0.4, 0.5) is 0 Å². The van der Waals surface area contributed by atoms with E-state index in [4.69, 9.17) is 0 Å². The summed E-state index contributed by atoms with van der Waals surface area (Å²) in [4.78, 5) is 16.4. The molecule has 2 aliphatic carbocycles. The van der Waals surface area contributed by atoms with Gasteiger partial charge in [-0.05, 0) is 50.2 Å². The van der Waals surface area contributed by atoms with Gasteiger partial charge in [0.1, 0.15) is 12.2 Å². The highest BCUT2D eigenvalue weighted by Crippen LogP contribution is 2.40. The van der Waals surface area contributed by atoms with Crippen LogP contribution in [0.5, 0.6) is 0 Å². The Morgan fingerprint density at radius 2 is 2.30 bits per heavy atom. The topological polar surface area (TPSA) is 59.8 Å². The Hall–Kier alpha value is -1.04. The minimum atomic E-state index is 0.0477. The van der Waals surface area contributed by atoms with Crippen molar-refractivity contribution >= 4 is 17.7 Å². The maximum absolute atomic E-state index is 12.1. The number of hydrogen-bond donors (Lipinski definition) is 1. The number of carbonyl (C=O) groups excluding carboxylic acids is 1. The number of nitrogens with one attached hydrogen (secondary N) is 1. The van der Waals surface area contributed by atoms with Gasteiger partial charge in [-0.3, -0.25) is 4.79 Å². The number of hydrogen-bond acceptors (Lipinski definition) is 4. The summed E-state index contributed by atoms with van der Waals surface area (Å²) in [7, 11) is 0. The van der Waals surface area contributed by atoms with Crippen LogP contribution in [0.15, 0.2) is 6.33 Å². The second kappa shape index (κ2) is 6.16. The summed E-state index contributed by atoms with van der Waals surface area (Å²) in [5, 5.41) is 7.38. The van der Waals surface area contributed by atoms with Crippen molar-refractivity contribution in [1.29, 1.82) is 0 Å². The lowest BCUT2D eigenvalue weighted by Gasteiger charge is -2.18. The zero-order valence-corrected chi connectivity index (χ0v) is 12.7.